The third-order valence-corrected chi connectivity index (χ3v) is 4.36. The first-order chi connectivity index (χ1) is 11.5. The van der Waals surface area contributed by atoms with Gasteiger partial charge in [-0.2, -0.15) is 0 Å². The maximum Gasteiger partial charge on any atom is 0.350 e. The summed E-state index contributed by atoms with van der Waals surface area (Å²) >= 11 is 1.69. The fourth-order valence-corrected chi connectivity index (χ4v) is 2.87. The third-order valence-electron chi connectivity index (χ3n) is 3.34. The minimum absolute atomic E-state index is 0.377. The Balaban J connectivity index is 2.01. The van der Waals surface area contributed by atoms with E-state index in [4.69, 9.17) is 9.47 Å². The van der Waals surface area contributed by atoms with Gasteiger partial charge in [-0.25, -0.2) is 4.79 Å². The molecule has 2 aromatic rings. The van der Waals surface area contributed by atoms with E-state index < -0.39 is 11.2 Å². The molecule has 0 aliphatic heterocycles. The Bertz CT molecular complexity index is 710. The summed E-state index contributed by atoms with van der Waals surface area (Å²) < 4.78 is 11.3. The standard InChI is InChI=1S/C21H26O3S/c1-15-7-11-17(12-8-15)25-18-13-9-16(10-14-18)23-21(5,6)19(22)24-20(2,3)4/h7-14H,1-6H3. The first kappa shape index (κ1) is 19.4. The Morgan fingerprint density at radius 3 is 1.80 bits per heavy atom. The zero-order chi connectivity index (χ0) is 18.7. The average molecular weight is 359 g/mol. The molecule has 0 aliphatic carbocycles. The van der Waals surface area contributed by atoms with E-state index >= 15 is 0 Å². The van der Waals surface area contributed by atoms with E-state index in [0.29, 0.717) is 5.75 Å². The Hall–Kier alpha value is -1.94. The van der Waals surface area contributed by atoms with E-state index in [0.717, 1.165) is 4.90 Å². The summed E-state index contributed by atoms with van der Waals surface area (Å²) in [5.74, 6) is 0.266. The molecule has 0 fully saturated rings. The fraction of sp³-hybridized carbons (Fsp3) is 0.381. The lowest BCUT2D eigenvalue weighted by atomic mass is 10.1. The van der Waals surface area contributed by atoms with E-state index in [2.05, 4.69) is 31.2 Å². The van der Waals surface area contributed by atoms with Crippen molar-refractivity contribution in [2.24, 2.45) is 0 Å². The zero-order valence-electron chi connectivity index (χ0n) is 15.8. The van der Waals surface area contributed by atoms with Crippen LogP contribution in [0.3, 0.4) is 0 Å². The average Bonchev–Trinajstić information content (AvgIpc) is 2.49. The van der Waals surface area contributed by atoms with Crippen LogP contribution in [0, 0.1) is 6.92 Å². The van der Waals surface area contributed by atoms with Crippen LogP contribution < -0.4 is 4.74 Å². The molecule has 0 bridgehead atoms. The van der Waals surface area contributed by atoms with Crippen molar-refractivity contribution in [3.63, 3.8) is 0 Å². The number of aryl methyl sites for hydroxylation is 1. The molecule has 0 spiro atoms. The van der Waals surface area contributed by atoms with Crippen molar-refractivity contribution in [1.29, 1.82) is 0 Å². The highest BCUT2D eigenvalue weighted by molar-refractivity contribution is 7.99. The maximum atomic E-state index is 12.3. The number of hydrogen-bond donors (Lipinski definition) is 0. The Kier molecular flexibility index (Phi) is 5.83. The molecule has 0 radical (unpaired) electrons. The van der Waals surface area contributed by atoms with Gasteiger partial charge >= 0.3 is 5.97 Å². The van der Waals surface area contributed by atoms with Crippen LogP contribution in [0.15, 0.2) is 58.3 Å². The number of ether oxygens (including phenoxy) is 2. The molecule has 0 atom stereocenters. The fourth-order valence-electron chi connectivity index (χ4n) is 2.06. The summed E-state index contributed by atoms with van der Waals surface area (Å²) in [6.45, 7) is 11.0. The largest absolute Gasteiger partial charge is 0.476 e. The highest BCUT2D eigenvalue weighted by Crippen LogP contribution is 2.30. The van der Waals surface area contributed by atoms with Crippen LogP contribution >= 0.6 is 11.8 Å². The second-order valence-electron chi connectivity index (χ2n) is 7.50. The summed E-state index contributed by atoms with van der Waals surface area (Å²) in [5.41, 5.74) is -0.331. The lowest BCUT2D eigenvalue weighted by Crippen LogP contribution is -2.43. The summed E-state index contributed by atoms with van der Waals surface area (Å²) in [5, 5.41) is 0. The van der Waals surface area contributed by atoms with Gasteiger partial charge in [0.15, 0.2) is 5.60 Å². The number of carbonyl (C=O) groups excluding carboxylic acids is 1. The smallest absolute Gasteiger partial charge is 0.350 e. The van der Waals surface area contributed by atoms with Gasteiger partial charge < -0.3 is 9.47 Å². The van der Waals surface area contributed by atoms with Crippen molar-refractivity contribution in [3.05, 3.63) is 54.1 Å². The van der Waals surface area contributed by atoms with Gasteiger partial charge in [0.05, 0.1) is 0 Å². The molecule has 2 aromatic carbocycles. The molecule has 0 unspecified atom stereocenters. The van der Waals surface area contributed by atoms with E-state index in [-0.39, 0.29) is 5.97 Å². The van der Waals surface area contributed by atoms with Gasteiger partial charge in [-0.05, 0) is 77.9 Å². The van der Waals surface area contributed by atoms with E-state index in [9.17, 15) is 4.79 Å². The molecule has 0 saturated carbocycles. The molecule has 2 rings (SSSR count). The molecule has 134 valence electrons. The lowest BCUT2D eigenvalue weighted by Gasteiger charge is -2.29. The predicted octanol–water partition coefficient (Wildman–Crippen LogP) is 5.65. The monoisotopic (exact) mass is 358 g/mol. The molecule has 0 heterocycles. The second-order valence-corrected chi connectivity index (χ2v) is 8.65. The normalized spacial score (nSPS) is 11.9. The number of hydrogen-bond acceptors (Lipinski definition) is 4. The van der Waals surface area contributed by atoms with E-state index in [1.54, 1.807) is 25.6 Å². The van der Waals surface area contributed by atoms with Gasteiger partial charge in [0, 0.05) is 9.79 Å². The van der Waals surface area contributed by atoms with Crippen molar-refractivity contribution in [3.8, 4) is 5.75 Å². The van der Waals surface area contributed by atoms with Crippen molar-refractivity contribution < 1.29 is 14.3 Å². The summed E-state index contributed by atoms with van der Waals surface area (Å²) in [6.07, 6.45) is 0. The number of rotatable bonds is 5. The van der Waals surface area contributed by atoms with Gasteiger partial charge in [0.2, 0.25) is 0 Å². The highest BCUT2D eigenvalue weighted by Gasteiger charge is 2.34. The molecule has 0 amide bonds. The van der Waals surface area contributed by atoms with Crippen molar-refractivity contribution >= 4 is 17.7 Å². The van der Waals surface area contributed by atoms with Gasteiger partial charge in [0.1, 0.15) is 11.4 Å². The molecule has 4 heteroatoms. The summed E-state index contributed by atoms with van der Waals surface area (Å²) in [7, 11) is 0. The summed E-state index contributed by atoms with van der Waals surface area (Å²) in [6, 6.07) is 16.2. The van der Waals surface area contributed by atoms with Crippen LogP contribution in [0.2, 0.25) is 0 Å². The molecular formula is C21H26O3S. The minimum Gasteiger partial charge on any atom is -0.476 e. The Morgan fingerprint density at radius 2 is 1.32 bits per heavy atom. The number of esters is 1. The van der Waals surface area contributed by atoms with Crippen LogP contribution in [0.5, 0.6) is 5.75 Å². The van der Waals surface area contributed by atoms with Gasteiger partial charge in [-0.1, -0.05) is 29.5 Å². The van der Waals surface area contributed by atoms with E-state index in [1.807, 2.05) is 45.0 Å². The highest BCUT2D eigenvalue weighted by atomic mass is 32.2. The molecule has 0 aromatic heterocycles. The maximum absolute atomic E-state index is 12.3. The number of carbonyl (C=O) groups is 1. The molecule has 25 heavy (non-hydrogen) atoms. The molecule has 3 nitrogen and oxygen atoms in total. The van der Waals surface area contributed by atoms with Crippen LogP contribution in [0.25, 0.3) is 0 Å². The quantitative estimate of drug-likeness (QED) is 0.648. The van der Waals surface area contributed by atoms with Crippen LogP contribution in [-0.4, -0.2) is 17.2 Å². The van der Waals surface area contributed by atoms with Gasteiger partial charge in [-0.3, -0.25) is 0 Å². The van der Waals surface area contributed by atoms with E-state index in [1.165, 1.54) is 10.5 Å². The van der Waals surface area contributed by atoms with Crippen molar-refractivity contribution in [2.45, 2.75) is 62.5 Å². The van der Waals surface area contributed by atoms with Crippen LogP contribution in [0.1, 0.15) is 40.2 Å². The molecule has 0 N–H and O–H groups in total. The Labute approximate surface area is 154 Å². The lowest BCUT2D eigenvalue weighted by molar-refractivity contribution is -0.170. The van der Waals surface area contributed by atoms with Crippen molar-refractivity contribution in [2.75, 3.05) is 0 Å². The van der Waals surface area contributed by atoms with Gasteiger partial charge in [0.25, 0.3) is 0 Å². The zero-order valence-corrected chi connectivity index (χ0v) is 16.6. The topological polar surface area (TPSA) is 35.5 Å². The van der Waals surface area contributed by atoms with Crippen LogP contribution in [-0.2, 0) is 9.53 Å². The first-order valence-electron chi connectivity index (χ1n) is 8.32. The van der Waals surface area contributed by atoms with Crippen LogP contribution in [0.4, 0.5) is 0 Å². The summed E-state index contributed by atoms with van der Waals surface area (Å²) in [4.78, 5) is 14.6. The SMILES string of the molecule is Cc1ccc(Sc2ccc(OC(C)(C)C(=O)OC(C)(C)C)cc2)cc1. The third kappa shape index (κ3) is 6.13. The predicted molar refractivity (Wildman–Crippen MR) is 102 cm³/mol. The molecule has 0 saturated heterocycles. The van der Waals surface area contributed by atoms with Crippen molar-refractivity contribution in [1.82, 2.24) is 0 Å². The molecular weight excluding hydrogens is 332 g/mol. The molecule has 0 aliphatic rings. The second kappa shape index (κ2) is 7.52. The minimum atomic E-state index is -1.04. The van der Waals surface area contributed by atoms with Gasteiger partial charge in [-0.15, -0.1) is 0 Å². The Morgan fingerprint density at radius 1 is 0.840 bits per heavy atom. The number of benzene rings is 2. The first-order valence-corrected chi connectivity index (χ1v) is 9.14.